The summed E-state index contributed by atoms with van der Waals surface area (Å²) < 4.78 is 7.46. The second-order valence-electron chi connectivity index (χ2n) is 4.20. The molecule has 0 amide bonds. The molecule has 6 heteroatoms. The predicted molar refractivity (Wildman–Crippen MR) is 79.6 cm³/mol. The van der Waals surface area contributed by atoms with Crippen molar-refractivity contribution in [3.05, 3.63) is 46.2 Å². The van der Waals surface area contributed by atoms with Crippen LogP contribution in [-0.2, 0) is 13.7 Å². The van der Waals surface area contributed by atoms with Crippen LogP contribution in [0.3, 0.4) is 0 Å². The number of rotatable bonds is 4. The van der Waals surface area contributed by atoms with Crippen molar-refractivity contribution in [3.63, 3.8) is 0 Å². The van der Waals surface area contributed by atoms with Gasteiger partial charge in [-0.1, -0.05) is 23.8 Å². The molecule has 100 valence electrons. The highest BCUT2D eigenvalue weighted by Gasteiger charge is 2.07. The molecule has 0 aliphatic heterocycles. The summed E-state index contributed by atoms with van der Waals surface area (Å²) in [6, 6.07) is 7.24. The largest absolute Gasteiger partial charge is 0.487 e. The fourth-order valence-corrected chi connectivity index (χ4v) is 2.25. The highest BCUT2D eigenvalue weighted by Crippen LogP contribution is 2.23. The van der Waals surface area contributed by atoms with Crippen molar-refractivity contribution in [1.29, 1.82) is 0 Å². The van der Waals surface area contributed by atoms with Crippen molar-refractivity contribution in [1.82, 2.24) is 9.78 Å². The molecule has 2 aromatic rings. The molecule has 0 fully saturated rings. The molecule has 0 saturated heterocycles. The lowest BCUT2D eigenvalue weighted by Gasteiger charge is -2.08. The van der Waals surface area contributed by atoms with E-state index in [1.807, 2.05) is 20.0 Å². The van der Waals surface area contributed by atoms with E-state index < -0.39 is 0 Å². The van der Waals surface area contributed by atoms with Crippen LogP contribution in [0.2, 0.25) is 5.02 Å². The summed E-state index contributed by atoms with van der Waals surface area (Å²) in [6.07, 6.45) is 0. The summed E-state index contributed by atoms with van der Waals surface area (Å²) >= 11 is 11.0. The third-order valence-corrected chi connectivity index (χ3v) is 3.22. The van der Waals surface area contributed by atoms with Crippen LogP contribution >= 0.6 is 23.8 Å². The Morgan fingerprint density at radius 3 is 2.74 bits per heavy atom. The molecule has 0 radical (unpaired) electrons. The Morgan fingerprint density at radius 2 is 2.21 bits per heavy atom. The highest BCUT2D eigenvalue weighted by atomic mass is 35.5. The van der Waals surface area contributed by atoms with E-state index >= 15 is 0 Å². The van der Waals surface area contributed by atoms with E-state index in [0.29, 0.717) is 22.9 Å². The summed E-state index contributed by atoms with van der Waals surface area (Å²) in [5.74, 6) is 0.670. The van der Waals surface area contributed by atoms with Gasteiger partial charge in [0.1, 0.15) is 17.3 Å². The molecule has 0 atom stereocenters. The van der Waals surface area contributed by atoms with Crippen molar-refractivity contribution in [3.8, 4) is 5.75 Å². The van der Waals surface area contributed by atoms with Gasteiger partial charge in [0.05, 0.1) is 16.4 Å². The van der Waals surface area contributed by atoms with E-state index in [1.165, 1.54) is 0 Å². The lowest BCUT2D eigenvalue weighted by atomic mass is 10.2. The minimum Gasteiger partial charge on any atom is -0.487 e. The predicted octanol–water partition coefficient (Wildman–Crippen LogP) is 2.60. The third kappa shape index (κ3) is 3.24. The molecule has 19 heavy (non-hydrogen) atoms. The van der Waals surface area contributed by atoms with E-state index in [-0.39, 0.29) is 4.99 Å². The molecule has 2 rings (SSSR count). The number of nitrogens with zero attached hydrogens (tertiary/aromatic N) is 2. The Morgan fingerprint density at radius 1 is 1.47 bits per heavy atom. The number of nitrogens with two attached hydrogens (primary N) is 1. The van der Waals surface area contributed by atoms with Gasteiger partial charge in [0.25, 0.3) is 0 Å². The number of thiocarbonyl (C=S) groups is 1. The van der Waals surface area contributed by atoms with Gasteiger partial charge < -0.3 is 10.5 Å². The maximum Gasteiger partial charge on any atom is 0.130 e. The van der Waals surface area contributed by atoms with E-state index in [1.54, 1.807) is 22.9 Å². The van der Waals surface area contributed by atoms with Gasteiger partial charge in [-0.2, -0.15) is 5.10 Å². The second kappa shape index (κ2) is 5.59. The smallest absolute Gasteiger partial charge is 0.130 e. The normalized spacial score (nSPS) is 10.5. The second-order valence-corrected chi connectivity index (χ2v) is 5.04. The molecule has 0 saturated carbocycles. The summed E-state index contributed by atoms with van der Waals surface area (Å²) in [5.41, 5.74) is 8.15. The third-order valence-electron chi connectivity index (χ3n) is 2.69. The number of aromatic nitrogens is 2. The fraction of sp³-hybridized carbons (Fsp3) is 0.231. The van der Waals surface area contributed by atoms with Crippen LogP contribution in [-0.4, -0.2) is 14.8 Å². The summed E-state index contributed by atoms with van der Waals surface area (Å²) in [7, 11) is 1.88. The molecule has 0 spiro atoms. The average Bonchev–Trinajstić information content (AvgIpc) is 2.65. The first-order chi connectivity index (χ1) is 8.97. The molecular weight excluding hydrogens is 282 g/mol. The van der Waals surface area contributed by atoms with Crippen LogP contribution in [0.4, 0.5) is 0 Å². The van der Waals surface area contributed by atoms with Gasteiger partial charge in [-0.05, 0) is 31.2 Å². The first-order valence-electron chi connectivity index (χ1n) is 5.69. The van der Waals surface area contributed by atoms with E-state index in [0.717, 1.165) is 11.4 Å². The standard InChI is InChI=1S/C13H14ClN3OS/c1-8-5-9(17(2)16-8)7-18-10-3-4-11(13(15)19)12(14)6-10/h3-6H,7H2,1-2H3,(H2,15,19). The van der Waals surface area contributed by atoms with E-state index in [2.05, 4.69) is 5.10 Å². The number of ether oxygens (including phenoxy) is 1. The lowest BCUT2D eigenvalue weighted by Crippen LogP contribution is -2.10. The SMILES string of the molecule is Cc1cc(COc2ccc(C(N)=S)c(Cl)c2)n(C)n1. The monoisotopic (exact) mass is 295 g/mol. The van der Waals surface area contributed by atoms with E-state index in [9.17, 15) is 0 Å². The summed E-state index contributed by atoms with van der Waals surface area (Å²) in [5, 5.41) is 4.75. The van der Waals surface area contributed by atoms with Gasteiger partial charge in [-0.3, -0.25) is 4.68 Å². The Balaban J connectivity index is 2.10. The van der Waals surface area contributed by atoms with Crippen LogP contribution < -0.4 is 10.5 Å². The number of benzene rings is 1. The van der Waals surface area contributed by atoms with Gasteiger partial charge in [-0.25, -0.2) is 0 Å². The molecule has 1 aromatic heterocycles. The van der Waals surface area contributed by atoms with Gasteiger partial charge in [-0.15, -0.1) is 0 Å². The van der Waals surface area contributed by atoms with Crippen molar-refractivity contribution >= 4 is 28.8 Å². The summed E-state index contributed by atoms with van der Waals surface area (Å²) in [6.45, 7) is 2.37. The molecule has 0 aliphatic rings. The Kier molecular flexibility index (Phi) is 4.07. The average molecular weight is 296 g/mol. The number of aryl methyl sites for hydroxylation is 2. The zero-order chi connectivity index (χ0) is 14.0. The van der Waals surface area contributed by atoms with Gasteiger partial charge in [0.15, 0.2) is 0 Å². The summed E-state index contributed by atoms with van der Waals surface area (Å²) in [4.78, 5) is 0.277. The lowest BCUT2D eigenvalue weighted by molar-refractivity contribution is 0.295. The maximum atomic E-state index is 6.08. The molecule has 0 unspecified atom stereocenters. The van der Waals surface area contributed by atoms with Crippen LogP contribution in [0.15, 0.2) is 24.3 Å². The Labute approximate surface area is 122 Å². The van der Waals surface area contributed by atoms with Crippen molar-refractivity contribution < 1.29 is 4.74 Å². The van der Waals surface area contributed by atoms with Crippen molar-refractivity contribution in [2.45, 2.75) is 13.5 Å². The molecule has 0 bridgehead atoms. The van der Waals surface area contributed by atoms with Crippen molar-refractivity contribution in [2.75, 3.05) is 0 Å². The minimum atomic E-state index is 0.277. The zero-order valence-electron chi connectivity index (χ0n) is 10.7. The zero-order valence-corrected chi connectivity index (χ0v) is 12.3. The molecule has 4 nitrogen and oxygen atoms in total. The number of halogens is 1. The van der Waals surface area contributed by atoms with Gasteiger partial charge in [0, 0.05) is 12.6 Å². The van der Waals surface area contributed by atoms with Gasteiger partial charge in [0.2, 0.25) is 0 Å². The quantitative estimate of drug-likeness (QED) is 0.881. The first kappa shape index (κ1) is 13.8. The maximum absolute atomic E-state index is 6.08. The molecule has 2 N–H and O–H groups in total. The highest BCUT2D eigenvalue weighted by molar-refractivity contribution is 7.80. The van der Waals surface area contributed by atoms with Crippen LogP contribution in [0, 0.1) is 6.92 Å². The number of hydrogen-bond donors (Lipinski definition) is 1. The topological polar surface area (TPSA) is 53.1 Å². The van der Waals surface area contributed by atoms with Crippen LogP contribution in [0.5, 0.6) is 5.75 Å². The Bertz CT molecular complexity index is 624. The molecule has 1 aromatic carbocycles. The molecular formula is C13H14ClN3OS. The van der Waals surface area contributed by atoms with Gasteiger partial charge >= 0.3 is 0 Å². The van der Waals surface area contributed by atoms with E-state index in [4.69, 9.17) is 34.3 Å². The van der Waals surface area contributed by atoms with Crippen molar-refractivity contribution in [2.24, 2.45) is 12.8 Å². The van der Waals surface area contributed by atoms with Crippen LogP contribution in [0.1, 0.15) is 17.0 Å². The van der Waals surface area contributed by atoms with Crippen LogP contribution in [0.25, 0.3) is 0 Å². The fourth-order valence-electron chi connectivity index (χ4n) is 1.74. The molecule has 1 heterocycles. The first-order valence-corrected chi connectivity index (χ1v) is 6.47. The minimum absolute atomic E-state index is 0.277. The number of hydrogen-bond acceptors (Lipinski definition) is 3. The molecule has 0 aliphatic carbocycles. The Hall–Kier alpha value is -1.59.